The molecule has 0 bridgehead atoms. The van der Waals surface area contributed by atoms with Crippen molar-refractivity contribution in [1.29, 1.82) is 5.26 Å². The molecular formula is C17H25N3. The van der Waals surface area contributed by atoms with E-state index in [2.05, 4.69) is 40.6 Å². The lowest BCUT2D eigenvalue weighted by Gasteiger charge is -2.29. The first-order valence-corrected chi connectivity index (χ1v) is 7.61. The number of rotatable bonds is 5. The predicted molar refractivity (Wildman–Crippen MR) is 85.0 cm³/mol. The summed E-state index contributed by atoms with van der Waals surface area (Å²) in [5, 5.41) is 12.4. The van der Waals surface area contributed by atoms with Crippen LogP contribution in [0.2, 0.25) is 0 Å². The quantitative estimate of drug-likeness (QED) is 0.878. The first-order valence-electron chi connectivity index (χ1n) is 7.61. The van der Waals surface area contributed by atoms with Crippen LogP contribution in [0.4, 0.5) is 11.4 Å². The lowest BCUT2D eigenvalue weighted by molar-refractivity contribution is 0.466. The number of piperidine rings is 1. The van der Waals surface area contributed by atoms with Crippen molar-refractivity contribution in [2.45, 2.75) is 39.5 Å². The number of benzene rings is 1. The highest BCUT2D eigenvalue weighted by atomic mass is 15.1. The summed E-state index contributed by atoms with van der Waals surface area (Å²) in [6.07, 6.45) is 4.84. The fraction of sp³-hybridized carbons (Fsp3) is 0.588. The number of hydrogen-bond acceptors (Lipinski definition) is 3. The molecule has 20 heavy (non-hydrogen) atoms. The molecule has 2 rings (SSSR count). The molecule has 1 saturated heterocycles. The van der Waals surface area contributed by atoms with Crippen molar-refractivity contribution < 1.29 is 0 Å². The molecule has 0 amide bonds. The zero-order valence-corrected chi connectivity index (χ0v) is 12.7. The molecule has 3 nitrogen and oxygen atoms in total. The molecule has 0 spiro atoms. The van der Waals surface area contributed by atoms with Gasteiger partial charge in [-0.25, -0.2) is 0 Å². The van der Waals surface area contributed by atoms with Crippen LogP contribution in [0.1, 0.15) is 39.5 Å². The number of hydrogen-bond donors (Lipinski definition) is 1. The summed E-state index contributed by atoms with van der Waals surface area (Å²) in [5.74, 6) is 0. The van der Waals surface area contributed by atoms with Crippen molar-refractivity contribution in [3.05, 3.63) is 24.3 Å². The fourth-order valence-corrected chi connectivity index (χ4v) is 2.52. The molecule has 108 valence electrons. The van der Waals surface area contributed by atoms with Crippen LogP contribution >= 0.6 is 0 Å². The van der Waals surface area contributed by atoms with E-state index in [1.807, 2.05) is 13.8 Å². The minimum Gasteiger partial charge on any atom is -0.385 e. The summed E-state index contributed by atoms with van der Waals surface area (Å²) < 4.78 is 0. The van der Waals surface area contributed by atoms with Crippen molar-refractivity contribution in [3.63, 3.8) is 0 Å². The smallest absolute Gasteiger partial charge is 0.0684 e. The normalized spacial score (nSPS) is 15.8. The summed E-state index contributed by atoms with van der Waals surface area (Å²) in [4.78, 5) is 2.46. The lowest BCUT2D eigenvalue weighted by atomic mass is 9.91. The molecule has 1 aliphatic heterocycles. The zero-order valence-electron chi connectivity index (χ0n) is 12.7. The molecular weight excluding hydrogens is 246 g/mol. The molecule has 1 heterocycles. The number of anilines is 2. The van der Waals surface area contributed by atoms with Gasteiger partial charge in [0.2, 0.25) is 0 Å². The van der Waals surface area contributed by atoms with Gasteiger partial charge in [-0.05, 0) is 63.8 Å². The van der Waals surface area contributed by atoms with Gasteiger partial charge in [0.15, 0.2) is 0 Å². The number of nitrogens with one attached hydrogen (secondary N) is 1. The summed E-state index contributed by atoms with van der Waals surface area (Å²) in [7, 11) is 0. The molecule has 0 radical (unpaired) electrons. The lowest BCUT2D eigenvalue weighted by Crippen LogP contribution is -2.29. The van der Waals surface area contributed by atoms with E-state index in [1.54, 1.807) is 0 Å². The van der Waals surface area contributed by atoms with Gasteiger partial charge in [-0.1, -0.05) is 0 Å². The van der Waals surface area contributed by atoms with E-state index in [9.17, 15) is 0 Å². The molecule has 0 saturated carbocycles. The van der Waals surface area contributed by atoms with Gasteiger partial charge >= 0.3 is 0 Å². The van der Waals surface area contributed by atoms with Gasteiger partial charge < -0.3 is 10.2 Å². The van der Waals surface area contributed by atoms with Crippen LogP contribution in [0.25, 0.3) is 0 Å². The Kier molecular flexibility index (Phi) is 4.89. The Morgan fingerprint density at radius 3 is 2.40 bits per heavy atom. The van der Waals surface area contributed by atoms with E-state index in [0.717, 1.165) is 18.7 Å². The Morgan fingerprint density at radius 1 is 1.15 bits per heavy atom. The second-order valence-corrected chi connectivity index (χ2v) is 6.27. The predicted octanol–water partition coefficient (Wildman–Crippen LogP) is 4.03. The minimum atomic E-state index is -0.249. The second-order valence-electron chi connectivity index (χ2n) is 6.27. The highest BCUT2D eigenvalue weighted by Gasteiger charge is 2.15. The summed E-state index contributed by atoms with van der Waals surface area (Å²) in [5.41, 5.74) is 2.22. The monoisotopic (exact) mass is 271 g/mol. The van der Waals surface area contributed by atoms with Crippen LogP contribution < -0.4 is 10.2 Å². The van der Waals surface area contributed by atoms with E-state index in [4.69, 9.17) is 5.26 Å². The van der Waals surface area contributed by atoms with Crippen LogP contribution in [0.5, 0.6) is 0 Å². The van der Waals surface area contributed by atoms with E-state index >= 15 is 0 Å². The van der Waals surface area contributed by atoms with Gasteiger partial charge in [-0.3, -0.25) is 0 Å². The van der Waals surface area contributed by atoms with Gasteiger partial charge in [0.25, 0.3) is 0 Å². The topological polar surface area (TPSA) is 39.1 Å². The van der Waals surface area contributed by atoms with Gasteiger partial charge in [-0.2, -0.15) is 5.26 Å². The van der Waals surface area contributed by atoms with Crippen LogP contribution in [0, 0.1) is 16.7 Å². The Morgan fingerprint density at radius 2 is 1.80 bits per heavy atom. The number of nitrogens with zero attached hydrogens (tertiary/aromatic N) is 2. The molecule has 1 fully saturated rings. The van der Waals surface area contributed by atoms with Crippen molar-refractivity contribution in [1.82, 2.24) is 0 Å². The Hall–Kier alpha value is -1.69. The maximum Gasteiger partial charge on any atom is 0.0684 e. The largest absolute Gasteiger partial charge is 0.385 e. The first kappa shape index (κ1) is 14.7. The van der Waals surface area contributed by atoms with Gasteiger partial charge in [0, 0.05) is 31.0 Å². The standard InChI is InChI=1S/C17H25N3/c1-17(2,14-18)10-11-19-15-6-8-16(9-7-15)20-12-4-3-5-13-20/h6-9,19H,3-5,10-13H2,1-2H3. The average molecular weight is 271 g/mol. The van der Waals surface area contributed by atoms with Crippen molar-refractivity contribution >= 4 is 11.4 Å². The molecule has 0 atom stereocenters. The molecule has 1 N–H and O–H groups in total. The van der Waals surface area contributed by atoms with Crippen molar-refractivity contribution in [2.75, 3.05) is 29.9 Å². The summed E-state index contributed by atoms with van der Waals surface area (Å²) in [6, 6.07) is 11.0. The van der Waals surface area contributed by atoms with Crippen molar-refractivity contribution in [3.8, 4) is 6.07 Å². The molecule has 0 unspecified atom stereocenters. The zero-order chi connectivity index (χ0) is 14.4. The summed E-state index contributed by atoms with van der Waals surface area (Å²) in [6.45, 7) is 7.16. The highest BCUT2D eigenvalue weighted by molar-refractivity contribution is 5.55. The van der Waals surface area contributed by atoms with E-state index in [1.165, 1.54) is 38.0 Å². The third kappa shape index (κ3) is 4.16. The SMILES string of the molecule is CC(C)(C#N)CCNc1ccc(N2CCCCC2)cc1. The molecule has 1 aromatic rings. The van der Waals surface area contributed by atoms with E-state index in [0.29, 0.717) is 0 Å². The molecule has 0 aromatic heterocycles. The second kappa shape index (κ2) is 6.65. The van der Waals surface area contributed by atoms with Crippen LogP contribution in [-0.4, -0.2) is 19.6 Å². The summed E-state index contributed by atoms with van der Waals surface area (Å²) >= 11 is 0. The number of nitriles is 1. The van der Waals surface area contributed by atoms with Gasteiger partial charge in [-0.15, -0.1) is 0 Å². The maximum atomic E-state index is 8.99. The van der Waals surface area contributed by atoms with E-state index in [-0.39, 0.29) is 5.41 Å². The Bertz CT molecular complexity index is 450. The third-order valence-electron chi connectivity index (χ3n) is 3.97. The van der Waals surface area contributed by atoms with Gasteiger partial charge in [0.1, 0.15) is 0 Å². The third-order valence-corrected chi connectivity index (χ3v) is 3.97. The first-order chi connectivity index (χ1) is 9.61. The van der Waals surface area contributed by atoms with Crippen LogP contribution in [0.3, 0.4) is 0 Å². The Balaban J connectivity index is 1.84. The minimum absolute atomic E-state index is 0.249. The maximum absolute atomic E-state index is 8.99. The molecule has 0 aliphatic carbocycles. The highest BCUT2D eigenvalue weighted by Crippen LogP contribution is 2.23. The molecule has 3 heteroatoms. The Labute approximate surface area is 122 Å². The van der Waals surface area contributed by atoms with Crippen molar-refractivity contribution in [2.24, 2.45) is 5.41 Å². The fourth-order valence-electron chi connectivity index (χ4n) is 2.52. The van der Waals surface area contributed by atoms with Crippen LogP contribution in [-0.2, 0) is 0 Å². The van der Waals surface area contributed by atoms with Gasteiger partial charge in [0.05, 0.1) is 11.5 Å². The van der Waals surface area contributed by atoms with E-state index < -0.39 is 0 Å². The van der Waals surface area contributed by atoms with Crippen LogP contribution in [0.15, 0.2) is 24.3 Å². The average Bonchev–Trinajstić information content (AvgIpc) is 2.49. The molecule has 1 aromatic carbocycles. The molecule has 1 aliphatic rings.